The number of hydrogen-bond acceptors (Lipinski definition) is 7. The van der Waals surface area contributed by atoms with E-state index in [1.807, 2.05) is 36.8 Å². The van der Waals surface area contributed by atoms with Crippen LogP contribution in [0.15, 0.2) is 49.1 Å². The van der Waals surface area contributed by atoms with E-state index in [0.717, 1.165) is 60.8 Å². The summed E-state index contributed by atoms with van der Waals surface area (Å²) in [7, 11) is 0. The topological polar surface area (TPSA) is 100 Å². The molecule has 0 bridgehead atoms. The Bertz CT molecular complexity index is 1260. The molecule has 176 valence electrons. The first kappa shape index (κ1) is 22.1. The molecule has 0 unspecified atom stereocenters. The molecule has 1 aromatic carbocycles. The molecular formula is C25H29N7O2. The first-order valence-corrected chi connectivity index (χ1v) is 11.7. The van der Waals surface area contributed by atoms with Gasteiger partial charge < -0.3 is 10.1 Å². The van der Waals surface area contributed by atoms with E-state index in [9.17, 15) is 4.79 Å². The molecule has 1 aliphatic heterocycles. The number of anilines is 2. The van der Waals surface area contributed by atoms with Crippen LogP contribution in [0, 0.1) is 12.8 Å². The molecule has 0 atom stereocenters. The number of carbonyl (C=O) groups is 1. The molecule has 5 rings (SSSR count). The SMILES string of the molecule is CCOC(=O)C1CCN(Cc2ccc(Nc3nc(C)cn4c(-c5cn[nH]c5)cnc34)cc2)CC1. The minimum atomic E-state index is -0.0502. The Labute approximate surface area is 198 Å². The highest BCUT2D eigenvalue weighted by molar-refractivity contribution is 5.74. The Morgan fingerprint density at radius 1 is 1.21 bits per heavy atom. The highest BCUT2D eigenvalue weighted by Crippen LogP contribution is 2.26. The van der Waals surface area contributed by atoms with Gasteiger partial charge >= 0.3 is 5.97 Å². The molecule has 0 aliphatic carbocycles. The molecule has 4 aromatic rings. The van der Waals surface area contributed by atoms with Gasteiger partial charge in [0.1, 0.15) is 0 Å². The van der Waals surface area contributed by atoms with Gasteiger partial charge in [0.15, 0.2) is 11.5 Å². The van der Waals surface area contributed by atoms with E-state index in [2.05, 4.69) is 54.6 Å². The molecule has 9 nitrogen and oxygen atoms in total. The van der Waals surface area contributed by atoms with Crippen LogP contribution in [-0.4, -0.2) is 55.1 Å². The lowest BCUT2D eigenvalue weighted by molar-refractivity contribution is -0.149. The maximum absolute atomic E-state index is 12.0. The summed E-state index contributed by atoms with van der Waals surface area (Å²) in [6.07, 6.45) is 9.16. The molecule has 2 N–H and O–H groups in total. The van der Waals surface area contributed by atoms with Gasteiger partial charge in [-0.2, -0.15) is 5.10 Å². The van der Waals surface area contributed by atoms with Crippen molar-refractivity contribution in [1.82, 2.24) is 29.5 Å². The molecule has 9 heteroatoms. The van der Waals surface area contributed by atoms with E-state index in [1.54, 1.807) is 6.20 Å². The molecule has 0 saturated carbocycles. The number of nitrogens with one attached hydrogen (secondary N) is 2. The number of H-pyrrole nitrogens is 1. The van der Waals surface area contributed by atoms with Crippen LogP contribution in [0.3, 0.4) is 0 Å². The van der Waals surface area contributed by atoms with Crippen molar-refractivity contribution in [3.63, 3.8) is 0 Å². The van der Waals surface area contributed by atoms with Gasteiger partial charge in [0.2, 0.25) is 0 Å². The van der Waals surface area contributed by atoms with Crippen LogP contribution in [0.2, 0.25) is 0 Å². The van der Waals surface area contributed by atoms with Gasteiger partial charge in [0.25, 0.3) is 0 Å². The third kappa shape index (κ3) is 4.65. The zero-order chi connectivity index (χ0) is 23.5. The van der Waals surface area contributed by atoms with Gasteiger partial charge in [0, 0.05) is 30.2 Å². The van der Waals surface area contributed by atoms with Gasteiger partial charge in [-0.1, -0.05) is 12.1 Å². The summed E-state index contributed by atoms with van der Waals surface area (Å²) >= 11 is 0. The van der Waals surface area contributed by atoms with E-state index >= 15 is 0 Å². The van der Waals surface area contributed by atoms with Crippen molar-refractivity contribution in [3.05, 3.63) is 60.3 Å². The van der Waals surface area contributed by atoms with Crippen molar-refractivity contribution in [2.45, 2.75) is 33.2 Å². The molecular weight excluding hydrogens is 430 g/mol. The molecule has 1 aliphatic rings. The Morgan fingerprint density at radius 3 is 2.71 bits per heavy atom. The zero-order valence-corrected chi connectivity index (χ0v) is 19.5. The minimum Gasteiger partial charge on any atom is -0.466 e. The number of nitrogens with zero attached hydrogens (tertiary/aromatic N) is 5. The fraction of sp³-hybridized carbons (Fsp3) is 0.360. The quantitative estimate of drug-likeness (QED) is 0.404. The smallest absolute Gasteiger partial charge is 0.309 e. The summed E-state index contributed by atoms with van der Waals surface area (Å²) in [6.45, 7) is 6.97. The molecule has 34 heavy (non-hydrogen) atoms. The fourth-order valence-electron chi connectivity index (χ4n) is 4.47. The number of ether oxygens (including phenoxy) is 1. The van der Waals surface area contributed by atoms with Crippen molar-refractivity contribution in [3.8, 4) is 11.3 Å². The minimum absolute atomic E-state index is 0.0399. The predicted octanol–water partition coefficient (Wildman–Crippen LogP) is 3.95. The molecule has 1 saturated heterocycles. The second kappa shape index (κ2) is 9.64. The van der Waals surface area contributed by atoms with Gasteiger partial charge in [0.05, 0.1) is 36.3 Å². The Hall–Kier alpha value is -3.72. The number of aryl methyl sites for hydroxylation is 1. The Balaban J connectivity index is 1.25. The number of esters is 1. The zero-order valence-electron chi connectivity index (χ0n) is 19.5. The molecule has 1 fully saturated rings. The highest BCUT2D eigenvalue weighted by atomic mass is 16.5. The van der Waals surface area contributed by atoms with Crippen molar-refractivity contribution in [2.24, 2.45) is 5.92 Å². The third-order valence-corrected chi connectivity index (χ3v) is 6.24. The number of aromatic nitrogens is 5. The second-order valence-corrected chi connectivity index (χ2v) is 8.68. The van der Waals surface area contributed by atoms with E-state index in [1.165, 1.54) is 5.56 Å². The van der Waals surface area contributed by atoms with Crippen LogP contribution in [-0.2, 0) is 16.1 Å². The van der Waals surface area contributed by atoms with Crippen LogP contribution >= 0.6 is 0 Å². The number of carbonyl (C=O) groups excluding carboxylic acids is 1. The lowest BCUT2D eigenvalue weighted by atomic mass is 9.96. The summed E-state index contributed by atoms with van der Waals surface area (Å²) in [5, 5.41) is 10.3. The van der Waals surface area contributed by atoms with E-state index in [-0.39, 0.29) is 11.9 Å². The molecule has 0 radical (unpaired) electrons. The predicted molar refractivity (Wildman–Crippen MR) is 130 cm³/mol. The van der Waals surface area contributed by atoms with Crippen molar-refractivity contribution in [1.29, 1.82) is 0 Å². The van der Waals surface area contributed by atoms with Crippen LogP contribution in [0.25, 0.3) is 16.9 Å². The first-order valence-electron chi connectivity index (χ1n) is 11.7. The number of fused-ring (bicyclic) bond motifs is 1. The summed E-state index contributed by atoms with van der Waals surface area (Å²) in [5.74, 6) is 0.701. The van der Waals surface area contributed by atoms with Gasteiger partial charge in [-0.25, -0.2) is 9.97 Å². The second-order valence-electron chi connectivity index (χ2n) is 8.68. The van der Waals surface area contributed by atoms with E-state index in [4.69, 9.17) is 4.74 Å². The van der Waals surface area contributed by atoms with Gasteiger partial charge in [-0.3, -0.25) is 19.2 Å². The Morgan fingerprint density at radius 2 is 2.00 bits per heavy atom. The lowest BCUT2D eigenvalue weighted by Crippen LogP contribution is -2.36. The average molecular weight is 460 g/mol. The molecule has 0 amide bonds. The van der Waals surface area contributed by atoms with Crippen LogP contribution in [0.5, 0.6) is 0 Å². The monoisotopic (exact) mass is 459 g/mol. The van der Waals surface area contributed by atoms with Crippen molar-refractivity contribution < 1.29 is 9.53 Å². The summed E-state index contributed by atoms with van der Waals surface area (Å²) in [6, 6.07) is 8.41. The highest BCUT2D eigenvalue weighted by Gasteiger charge is 2.25. The molecule has 4 heterocycles. The number of imidazole rings is 1. The van der Waals surface area contributed by atoms with Gasteiger partial charge in [-0.15, -0.1) is 0 Å². The average Bonchev–Trinajstić information content (AvgIpc) is 3.51. The maximum Gasteiger partial charge on any atom is 0.309 e. The van der Waals surface area contributed by atoms with Crippen LogP contribution < -0.4 is 5.32 Å². The summed E-state index contributed by atoms with van der Waals surface area (Å²) < 4.78 is 7.20. The van der Waals surface area contributed by atoms with E-state index in [0.29, 0.717) is 12.4 Å². The fourth-order valence-corrected chi connectivity index (χ4v) is 4.47. The molecule has 3 aromatic heterocycles. The number of rotatable bonds is 7. The summed E-state index contributed by atoms with van der Waals surface area (Å²) in [5.41, 5.74) is 5.78. The largest absolute Gasteiger partial charge is 0.466 e. The standard InChI is InChI=1S/C25H29N7O2/c1-3-34-25(33)19-8-10-31(11-9-19)16-18-4-6-21(7-5-18)30-23-24-26-14-22(20-12-27-28-13-20)32(24)15-17(2)29-23/h4-7,12-15,19H,3,8-11,16H2,1-2H3,(H,27,28)(H,29,30). The number of likely N-dealkylation sites (tertiary alicyclic amines) is 1. The number of piperidine rings is 1. The van der Waals surface area contributed by atoms with Crippen molar-refractivity contribution >= 4 is 23.1 Å². The number of hydrogen-bond donors (Lipinski definition) is 2. The third-order valence-electron chi connectivity index (χ3n) is 6.24. The van der Waals surface area contributed by atoms with Gasteiger partial charge in [-0.05, 0) is 57.5 Å². The van der Waals surface area contributed by atoms with Crippen LogP contribution in [0.1, 0.15) is 31.0 Å². The first-order chi connectivity index (χ1) is 16.6. The van der Waals surface area contributed by atoms with Crippen LogP contribution in [0.4, 0.5) is 11.5 Å². The number of benzene rings is 1. The number of aromatic amines is 1. The Kier molecular flexibility index (Phi) is 6.27. The maximum atomic E-state index is 12.0. The summed E-state index contributed by atoms with van der Waals surface area (Å²) in [4.78, 5) is 23.6. The van der Waals surface area contributed by atoms with E-state index < -0.39 is 0 Å². The lowest BCUT2D eigenvalue weighted by Gasteiger charge is -2.30. The van der Waals surface area contributed by atoms with Crippen molar-refractivity contribution in [2.75, 3.05) is 25.0 Å². The normalized spacial score (nSPS) is 15.0. The molecule has 0 spiro atoms.